The molecule has 3 unspecified atom stereocenters. The highest BCUT2D eigenvalue weighted by Gasteiger charge is 2.59. The topological polar surface area (TPSA) is 63.5 Å². The Labute approximate surface area is 151 Å². The summed E-state index contributed by atoms with van der Waals surface area (Å²) in [4.78, 5) is 4.78. The van der Waals surface area contributed by atoms with Gasteiger partial charge in [-0.05, 0) is 39.7 Å². The van der Waals surface area contributed by atoms with Gasteiger partial charge in [0.2, 0.25) is 0 Å². The van der Waals surface area contributed by atoms with Crippen molar-refractivity contribution in [3.05, 3.63) is 17.5 Å². The summed E-state index contributed by atoms with van der Waals surface area (Å²) in [6.07, 6.45) is 2.55. The van der Waals surface area contributed by atoms with Crippen molar-refractivity contribution in [2.45, 2.75) is 66.2 Å². The number of guanidine groups is 1. The second-order valence-corrected chi connectivity index (χ2v) is 7.95. The van der Waals surface area contributed by atoms with E-state index in [-0.39, 0.29) is 5.41 Å². The van der Waals surface area contributed by atoms with Crippen LogP contribution in [0.15, 0.2) is 11.1 Å². The summed E-state index contributed by atoms with van der Waals surface area (Å²) in [6.45, 7) is 14.3. The van der Waals surface area contributed by atoms with Gasteiger partial charge in [-0.2, -0.15) is 5.10 Å². The molecular formula is C19H33N5O. The van der Waals surface area contributed by atoms with E-state index in [9.17, 15) is 0 Å². The first kappa shape index (κ1) is 18.2. The third-order valence-corrected chi connectivity index (χ3v) is 5.64. The van der Waals surface area contributed by atoms with Crippen molar-refractivity contribution in [2.75, 3.05) is 19.7 Å². The van der Waals surface area contributed by atoms with Crippen LogP contribution >= 0.6 is 0 Å². The molecule has 1 aliphatic heterocycles. The van der Waals surface area contributed by atoms with Crippen LogP contribution in [0, 0.1) is 25.2 Å². The van der Waals surface area contributed by atoms with Gasteiger partial charge in [0.1, 0.15) is 0 Å². The summed E-state index contributed by atoms with van der Waals surface area (Å²) in [5.74, 6) is 1.55. The van der Waals surface area contributed by atoms with Gasteiger partial charge in [-0.1, -0.05) is 13.8 Å². The van der Waals surface area contributed by atoms with Crippen molar-refractivity contribution in [3.8, 4) is 0 Å². The summed E-state index contributed by atoms with van der Waals surface area (Å²) >= 11 is 0. The lowest BCUT2D eigenvalue weighted by molar-refractivity contribution is -0.106. The van der Waals surface area contributed by atoms with Crippen LogP contribution in [0.2, 0.25) is 0 Å². The van der Waals surface area contributed by atoms with Gasteiger partial charge in [-0.25, -0.2) is 0 Å². The molecule has 2 fully saturated rings. The van der Waals surface area contributed by atoms with Gasteiger partial charge >= 0.3 is 0 Å². The second-order valence-electron chi connectivity index (χ2n) is 7.95. The van der Waals surface area contributed by atoms with Gasteiger partial charge in [0.25, 0.3) is 0 Å². The quantitative estimate of drug-likeness (QED) is 0.471. The molecule has 2 aliphatic rings. The smallest absolute Gasteiger partial charge is 0.191 e. The number of aliphatic imine (C=N–C) groups is 1. The van der Waals surface area contributed by atoms with Crippen LogP contribution in [0.1, 0.15) is 45.0 Å². The number of ether oxygens (including phenoxy) is 1. The Balaban J connectivity index is 1.53. The van der Waals surface area contributed by atoms with E-state index in [1.165, 1.54) is 5.69 Å². The van der Waals surface area contributed by atoms with Crippen LogP contribution in [0.3, 0.4) is 0 Å². The maximum absolute atomic E-state index is 5.89. The van der Waals surface area contributed by atoms with Crippen LogP contribution in [0.5, 0.6) is 0 Å². The molecule has 0 bridgehead atoms. The van der Waals surface area contributed by atoms with Crippen molar-refractivity contribution < 1.29 is 4.74 Å². The highest BCUT2D eigenvalue weighted by molar-refractivity contribution is 5.80. The molecule has 25 heavy (non-hydrogen) atoms. The molecule has 1 aliphatic carbocycles. The van der Waals surface area contributed by atoms with Gasteiger partial charge in [0.05, 0.1) is 11.8 Å². The summed E-state index contributed by atoms with van der Waals surface area (Å²) in [6, 6.07) is 2.56. The molecule has 3 atom stereocenters. The van der Waals surface area contributed by atoms with Crippen molar-refractivity contribution in [1.29, 1.82) is 0 Å². The van der Waals surface area contributed by atoms with Crippen molar-refractivity contribution in [3.63, 3.8) is 0 Å². The molecule has 0 radical (unpaired) electrons. The van der Waals surface area contributed by atoms with E-state index >= 15 is 0 Å². The lowest BCUT2D eigenvalue weighted by Crippen LogP contribution is -2.67. The van der Waals surface area contributed by atoms with Crippen molar-refractivity contribution in [1.82, 2.24) is 20.4 Å². The molecule has 6 heteroatoms. The maximum atomic E-state index is 5.89. The van der Waals surface area contributed by atoms with Gasteiger partial charge in [0, 0.05) is 49.3 Å². The first-order valence-electron chi connectivity index (χ1n) is 9.61. The molecule has 3 rings (SSSR count). The van der Waals surface area contributed by atoms with Gasteiger partial charge < -0.3 is 15.4 Å². The largest absolute Gasteiger partial charge is 0.377 e. The zero-order valence-corrected chi connectivity index (χ0v) is 16.3. The van der Waals surface area contributed by atoms with Crippen LogP contribution in [-0.2, 0) is 11.3 Å². The number of hydrogen-bond acceptors (Lipinski definition) is 3. The number of nitrogens with one attached hydrogen (secondary N) is 2. The molecule has 1 saturated heterocycles. The fraction of sp³-hybridized carbons (Fsp3) is 0.789. The van der Waals surface area contributed by atoms with Crippen molar-refractivity contribution >= 4 is 5.96 Å². The highest BCUT2D eigenvalue weighted by Crippen LogP contribution is 2.52. The average Bonchev–Trinajstić information content (AvgIpc) is 3.14. The summed E-state index contributed by atoms with van der Waals surface area (Å²) in [7, 11) is 0. The third kappa shape index (κ3) is 3.68. The summed E-state index contributed by atoms with van der Waals surface area (Å²) in [5.41, 5.74) is 2.47. The minimum atomic E-state index is 0.168. The molecule has 2 N–H and O–H groups in total. The molecule has 1 aromatic heterocycles. The van der Waals surface area contributed by atoms with E-state index in [4.69, 9.17) is 9.73 Å². The van der Waals surface area contributed by atoms with Gasteiger partial charge in [-0.15, -0.1) is 0 Å². The van der Waals surface area contributed by atoms with Crippen LogP contribution in [0.4, 0.5) is 0 Å². The third-order valence-electron chi connectivity index (χ3n) is 5.64. The Kier molecular flexibility index (Phi) is 5.37. The minimum Gasteiger partial charge on any atom is -0.377 e. The Morgan fingerprint density at radius 1 is 1.44 bits per heavy atom. The number of rotatable bonds is 6. The van der Waals surface area contributed by atoms with Gasteiger partial charge in [0.15, 0.2) is 5.96 Å². The first-order chi connectivity index (χ1) is 11.9. The number of hydrogen-bond donors (Lipinski definition) is 2. The molecule has 2 heterocycles. The lowest BCUT2D eigenvalue weighted by atomic mass is 9.57. The predicted molar refractivity (Wildman–Crippen MR) is 101 cm³/mol. The van der Waals surface area contributed by atoms with E-state index in [0.29, 0.717) is 18.1 Å². The van der Waals surface area contributed by atoms with E-state index in [0.717, 1.165) is 50.7 Å². The second kappa shape index (κ2) is 7.36. The fourth-order valence-electron chi connectivity index (χ4n) is 4.40. The zero-order chi connectivity index (χ0) is 18.0. The molecule has 1 saturated carbocycles. The molecule has 6 nitrogen and oxygen atoms in total. The van der Waals surface area contributed by atoms with Crippen LogP contribution in [-0.4, -0.2) is 47.6 Å². The maximum Gasteiger partial charge on any atom is 0.191 e. The summed E-state index contributed by atoms with van der Waals surface area (Å²) < 4.78 is 7.96. The first-order valence-corrected chi connectivity index (χ1v) is 9.61. The molecule has 140 valence electrons. The van der Waals surface area contributed by atoms with E-state index < -0.39 is 0 Å². The Morgan fingerprint density at radius 3 is 2.92 bits per heavy atom. The van der Waals surface area contributed by atoms with Gasteiger partial charge in [-0.3, -0.25) is 9.67 Å². The predicted octanol–water partition coefficient (Wildman–Crippen LogP) is 2.26. The number of fused-ring (bicyclic) bond motifs is 1. The number of aromatic nitrogens is 2. The van der Waals surface area contributed by atoms with Crippen molar-refractivity contribution in [2.24, 2.45) is 16.3 Å². The molecule has 1 aromatic rings. The zero-order valence-electron chi connectivity index (χ0n) is 16.3. The normalized spacial score (nSPS) is 27.7. The Hall–Kier alpha value is -1.56. The fourth-order valence-corrected chi connectivity index (χ4v) is 4.40. The highest BCUT2D eigenvalue weighted by atomic mass is 16.5. The standard InChI is InChI=1S/C19H33N5O/c1-6-20-18(21-9-7-10-24-14(3)12-13(2)23-24)22-16-15-8-11-25-17(15)19(16,4)5/h12,15-17H,6-11H2,1-5H3,(H2,20,21,22). The van der Waals surface area contributed by atoms with E-state index in [1.807, 2.05) is 6.92 Å². The SMILES string of the molecule is CCNC(=NCCCn1nc(C)cc1C)NC1C2CCOC2C1(C)C. The Bertz CT molecular complexity index is 621. The monoisotopic (exact) mass is 347 g/mol. The van der Waals surface area contributed by atoms with Crippen LogP contribution in [0.25, 0.3) is 0 Å². The van der Waals surface area contributed by atoms with E-state index in [1.54, 1.807) is 0 Å². The number of nitrogens with zero attached hydrogens (tertiary/aromatic N) is 3. The molecule has 0 spiro atoms. The average molecular weight is 348 g/mol. The molecular weight excluding hydrogens is 314 g/mol. The number of aryl methyl sites for hydroxylation is 3. The minimum absolute atomic E-state index is 0.168. The van der Waals surface area contributed by atoms with Crippen LogP contribution < -0.4 is 10.6 Å². The van der Waals surface area contributed by atoms with E-state index in [2.05, 4.69) is 54.2 Å². The molecule has 0 amide bonds. The Morgan fingerprint density at radius 2 is 2.24 bits per heavy atom. The summed E-state index contributed by atoms with van der Waals surface area (Å²) in [5, 5.41) is 11.6. The molecule has 0 aromatic carbocycles. The lowest BCUT2D eigenvalue weighted by Gasteiger charge is -2.54.